The summed E-state index contributed by atoms with van der Waals surface area (Å²) in [6.45, 7) is 0.643. The molecule has 0 saturated heterocycles. The second-order valence-corrected chi connectivity index (χ2v) is 5.12. The molecular formula is C18H19N3O3. The smallest absolute Gasteiger partial charge is 0.187 e. The Kier molecular flexibility index (Phi) is 4.65. The zero-order valence-electron chi connectivity index (χ0n) is 13.9. The number of ether oxygens (including phenoxy) is 3. The van der Waals surface area contributed by atoms with E-state index in [4.69, 9.17) is 14.2 Å². The van der Waals surface area contributed by atoms with Crippen LogP contribution >= 0.6 is 0 Å². The van der Waals surface area contributed by atoms with Crippen molar-refractivity contribution in [2.24, 2.45) is 0 Å². The molecule has 6 nitrogen and oxygen atoms in total. The minimum atomic E-state index is 0.602. The zero-order valence-corrected chi connectivity index (χ0v) is 13.9. The largest absolute Gasteiger partial charge is 0.497 e. The Labute approximate surface area is 140 Å². The summed E-state index contributed by atoms with van der Waals surface area (Å²) in [4.78, 5) is 8.67. The molecule has 0 saturated carbocycles. The minimum absolute atomic E-state index is 0.602. The summed E-state index contributed by atoms with van der Waals surface area (Å²) in [7, 11) is 4.86. The Morgan fingerprint density at radius 3 is 2.33 bits per heavy atom. The lowest BCUT2D eigenvalue weighted by Gasteiger charge is -2.13. The van der Waals surface area contributed by atoms with Crippen molar-refractivity contribution < 1.29 is 14.2 Å². The number of anilines is 1. The second kappa shape index (κ2) is 7.04. The van der Waals surface area contributed by atoms with E-state index in [9.17, 15) is 0 Å². The van der Waals surface area contributed by atoms with E-state index in [1.165, 1.54) is 6.33 Å². The number of fused-ring (bicyclic) bond motifs is 1. The first-order chi connectivity index (χ1) is 11.8. The number of methoxy groups -OCH3 is 3. The standard InChI is InChI=1S/C18H19N3O3/c1-22-13-6-4-12(5-7-13)10-19-18-14-8-9-15(23-2)17(24-3)16(14)20-11-21-18/h4-9,11H,10H2,1-3H3,(H,19,20,21). The third kappa shape index (κ3) is 3.03. The van der Waals surface area contributed by atoms with Gasteiger partial charge in [0.1, 0.15) is 23.4 Å². The highest BCUT2D eigenvalue weighted by molar-refractivity contribution is 5.94. The van der Waals surface area contributed by atoms with Crippen molar-refractivity contribution >= 4 is 16.7 Å². The lowest BCUT2D eigenvalue weighted by atomic mass is 10.2. The normalized spacial score (nSPS) is 10.5. The van der Waals surface area contributed by atoms with E-state index in [0.29, 0.717) is 23.6 Å². The van der Waals surface area contributed by atoms with E-state index in [2.05, 4.69) is 15.3 Å². The van der Waals surface area contributed by atoms with Crippen LogP contribution in [-0.2, 0) is 6.54 Å². The summed E-state index contributed by atoms with van der Waals surface area (Å²) in [5, 5.41) is 4.22. The molecule has 0 bridgehead atoms. The maximum Gasteiger partial charge on any atom is 0.187 e. The van der Waals surface area contributed by atoms with E-state index in [0.717, 1.165) is 22.5 Å². The molecule has 1 heterocycles. The van der Waals surface area contributed by atoms with Gasteiger partial charge in [-0.1, -0.05) is 12.1 Å². The molecule has 2 aromatic carbocycles. The number of rotatable bonds is 6. The van der Waals surface area contributed by atoms with Crippen molar-refractivity contribution in [3.63, 3.8) is 0 Å². The van der Waals surface area contributed by atoms with Crippen LogP contribution in [0, 0.1) is 0 Å². The monoisotopic (exact) mass is 325 g/mol. The van der Waals surface area contributed by atoms with Gasteiger partial charge in [-0.2, -0.15) is 0 Å². The van der Waals surface area contributed by atoms with Crippen molar-refractivity contribution in [2.75, 3.05) is 26.6 Å². The SMILES string of the molecule is COc1ccc(CNc2ncnc3c(OC)c(OC)ccc23)cc1. The molecule has 3 rings (SSSR count). The number of benzene rings is 2. The molecular weight excluding hydrogens is 306 g/mol. The molecule has 0 fully saturated rings. The van der Waals surface area contributed by atoms with Gasteiger partial charge in [-0.3, -0.25) is 0 Å². The van der Waals surface area contributed by atoms with Gasteiger partial charge in [0.15, 0.2) is 11.5 Å². The summed E-state index contributed by atoms with van der Waals surface area (Å²) >= 11 is 0. The highest BCUT2D eigenvalue weighted by Crippen LogP contribution is 2.35. The summed E-state index contributed by atoms with van der Waals surface area (Å²) < 4.78 is 15.9. The van der Waals surface area contributed by atoms with E-state index in [-0.39, 0.29) is 0 Å². The minimum Gasteiger partial charge on any atom is -0.497 e. The Hall–Kier alpha value is -3.02. The van der Waals surface area contributed by atoms with Gasteiger partial charge in [0, 0.05) is 11.9 Å². The lowest BCUT2D eigenvalue weighted by molar-refractivity contribution is 0.358. The van der Waals surface area contributed by atoms with E-state index < -0.39 is 0 Å². The van der Waals surface area contributed by atoms with Crippen molar-refractivity contribution in [1.82, 2.24) is 9.97 Å². The molecule has 0 spiro atoms. The molecule has 0 aliphatic heterocycles. The first-order valence-corrected chi connectivity index (χ1v) is 7.49. The molecule has 0 atom stereocenters. The Morgan fingerprint density at radius 2 is 1.67 bits per heavy atom. The van der Waals surface area contributed by atoms with Gasteiger partial charge >= 0.3 is 0 Å². The summed E-state index contributed by atoms with van der Waals surface area (Å²) in [6.07, 6.45) is 1.51. The van der Waals surface area contributed by atoms with Crippen LogP contribution in [-0.4, -0.2) is 31.3 Å². The van der Waals surface area contributed by atoms with Gasteiger partial charge in [-0.15, -0.1) is 0 Å². The van der Waals surface area contributed by atoms with Gasteiger partial charge in [0.25, 0.3) is 0 Å². The molecule has 0 aliphatic carbocycles. The van der Waals surface area contributed by atoms with Crippen molar-refractivity contribution in [1.29, 1.82) is 0 Å². The van der Waals surface area contributed by atoms with Gasteiger partial charge in [0.2, 0.25) is 0 Å². The molecule has 24 heavy (non-hydrogen) atoms. The van der Waals surface area contributed by atoms with Gasteiger partial charge in [-0.05, 0) is 29.8 Å². The summed E-state index contributed by atoms with van der Waals surface area (Å²) in [5.74, 6) is 2.83. The first-order valence-electron chi connectivity index (χ1n) is 7.49. The van der Waals surface area contributed by atoms with E-state index in [1.54, 1.807) is 21.3 Å². The molecule has 0 amide bonds. The summed E-state index contributed by atoms with van der Waals surface area (Å²) in [5.41, 5.74) is 1.84. The molecule has 0 aliphatic rings. The Morgan fingerprint density at radius 1 is 0.875 bits per heavy atom. The summed E-state index contributed by atoms with van der Waals surface area (Å²) in [6, 6.07) is 11.7. The van der Waals surface area contributed by atoms with E-state index >= 15 is 0 Å². The molecule has 1 N–H and O–H groups in total. The molecule has 3 aromatic rings. The highest BCUT2D eigenvalue weighted by atomic mass is 16.5. The first kappa shape index (κ1) is 15.9. The third-order valence-corrected chi connectivity index (χ3v) is 3.77. The average Bonchev–Trinajstić information content (AvgIpc) is 2.65. The topological polar surface area (TPSA) is 65.5 Å². The number of hydrogen-bond acceptors (Lipinski definition) is 6. The zero-order chi connectivity index (χ0) is 16.9. The van der Waals surface area contributed by atoms with Gasteiger partial charge in [0.05, 0.1) is 21.3 Å². The van der Waals surface area contributed by atoms with Gasteiger partial charge < -0.3 is 19.5 Å². The van der Waals surface area contributed by atoms with Crippen LogP contribution < -0.4 is 19.5 Å². The van der Waals surface area contributed by atoms with Crippen LogP contribution in [0.5, 0.6) is 17.2 Å². The van der Waals surface area contributed by atoms with E-state index in [1.807, 2.05) is 36.4 Å². The Balaban J connectivity index is 1.89. The van der Waals surface area contributed by atoms with Crippen LogP contribution in [0.25, 0.3) is 10.9 Å². The average molecular weight is 325 g/mol. The fourth-order valence-electron chi connectivity index (χ4n) is 2.51. The van der Waals surface area contributed by atoms with Crippen LogP contribution in [0.4, 0.5) is 5.82 Å². The fraction of sp³-hybridized carbons (Fsp3) is 0.222. The molecule has 124 valence electrons. The fourth-order valence-corrected chi connectivity index (χ4v) is 2.51. The van der Waals surface area contributed by atoms with Crippen LogP contribution in [0.15, 0.2) is 42.7 Å². The quantitative estimate of drug-likeness (QED) is 0.750. The lowest BCUT2D eigenvalue weighted by Crippen LogP contribution is -2.03. The Bertz CT molecular complexity index is 835. The maximum atomic E-state index is 5.44. The number of nitrogens with one attached hydrogen (secondary N) is 1. The highest BCUT2D eigenvalue weighted by Gasteiger charge is 2.13. The van der Waals surface area contributed by atoms with Crippen LogP contribution in [0.2, 0.25) is 0 Å². The van der Waals surface area contributed by atoms with Crippen LogP contribution in [0.1, 0.15) is 5.56 Å². The maximum absolute atomic E-state index is 5.44. The second-order valence-electron chi connectivity index (χ2n) is 5.12. The van der Waals surface area contributed by atoms with Crippen molar-refractivity contribution in [2.45, 2.75) is 6.54 Å². The van der Waals surface area contributed by atoms with Crippen molar-refractivity contribution in [3.8, 4) is 17.2 Å². The molecule has 0 radical (unpaired) electrons. The molecule has 1 aromatic heterocycles. The predicted molar refractivity (Wildman–Crippen MR) is 93.0 cm³/mol. The third-order valence-electron chi connectivity index (χ3n) is 3.77. The van der Waals surface area contributed by atoms with Crippen LogP contribution in [0.3, 0.4) is 0 Å². The molecule has 0 unspecified atom stereocenters. The number of aromatic nitrogens is 2. The van der Waals surface area contributed by atoms with Gasteiger partial charge in [-0.25, -0.2) is 9.97 Å². The van der Waals surface area contributed by atoms with Crippen molar-refractivity contribution in [3.05, 3.63) is 48.3 Å². The predicted octanol–water partition coefficient (Wildman–Crippen LogP) is 3.27. The number of hydrogen-bond donors (Lipinski definition) is 1. The number of nitrogens with zero attached hydrogens (tertiary/aromatic N) is 2. The molecule has 6 heteroatoms.